The van der Waals surface area contributed by atoms with E-state index in [2.05, 4.69) is 36.5 Å². The lowest BCUT2D eigenvalue weighted by Gasteiger charge is -2.36. The van der Waals surface area contributed by atoms with Gasteiger partial charge in [-0.25, -0.2) is 9.37 Å². The first kappa shape index (κ1) is 56.3. The number of nitrogen functional groups attached to an aromatic ring is 1. The monoisotopic (exact) mass is 1040 g/mol. The average Bonchev–Trinajstić information content (AvgIpc) is 4.13. The van der Waals surface area contributed by atoms with E-state index >= 15 is 0 Å². The van der Waals surface area contributed by atoms with Crippen LogP contribution >= 0.6 is 0 Å². The van der Waals surface area contributed by atoms with Crippen LogP contribution < -0.4 is 37.2 Å². The summed E-state index contributed by atoms with van der Waals surface area (Å²) < 4.78 is 28.1. The molecule has 5 amide bonds. The van der Waals surface area contributed by atoms with Crippen molar-refractivity contribution in [1.82, 2.24) is 51.1 Å². The molecule has 2 bridgehead atoms. The van der Waals surface area contributed by atoms with Gasteiger partial charge in [0.2, 0.25) is 23.6 Å². The number of benzene rings is 2. The van der Waals surface area contributed by atoms with Gasteiger partial charge in [0.15, 0.2) is 0 Å². The predicted octanol–water partition coefficient (Wildman–Crippen LogP) is 4.41. The number of nitrogens with two attached hydrogens (primary N) is 1. The van der Waals surface area contributed by atoms with Crippen LogP contribution in [0.25, 0.3) is 11.1 Å². The SMILES string of the molecule is CC[C@H](NC(=O)[C@H]1C[C@@H](NCCOCCOCCC(=O)NCCn2nc3c(c2C)-c2cnc(N)c(c2)N2CCC[C@@H]2c2cc(F)ccc2C(=O)N(C)C3)CN1C(=O)C(NC(=O)[C@@H](C)NC)C(C)(C)C)c1ccccc1. The van der Waals surface area contributed by atoms with Crippen LogP contribution in [-0.4, -0.2) is 145 Å². The third kappa shape index (κ3) is 13.7. The Bertz CT molecular complexity index is 2640. The first-order valence-electron chi connectivity index (χ1n) is 26.3. The molecule has 0 aliphatic carbocycles. The molecule has 3 aliphatic heterocycles. The first-order valence-corrected chi connectivity index (χ1v) is 26.3. The minimum absolute atomic E-state index is 0.149. The number of anilines is 2. The Morgan fingerprint density at radius 1 is 0.987 bits per heavy atom. The van der Waals surface area contributed by atoms with Gasteiger partial charge in [-0.2, -0.15) is 5.10 Å². The number of aromatic nitrogens is 3. The molecule has 406 valence electrons. The Hall–Kier alpha value is -6.48. The third-order valence-corrected chi connectivity index (χ3v) is 14.6. The molecule has 3 aliphatic rings. The molecular weight excluding hydrogens is 960 g/mol. The Morgan fingerprint density at radius 2 is 1.73 bits per heavy atom. The summed E-state index contributed by atoms with van der Waals surface area (Å²) in [6.45, 7) is 14.8. The fraction of sp³-hybridized carbons (Fsp3) is 0.545. The Kier molecular flexibility index (Phi) is 19.0. The molecule has 0 spiro atoms. The molecule has 2 aromatic carbocycles. The fourth-order valence-corrected chi connectivity index (χ4v) is 10.3. The van der Waals surface area contributed by atoms with E-state index in [-0.39, 0.29) is 80.4 Å². The van der Waals surface area contributed by atoms with Crippen molar-refractivity contribution in [3.05, 3.63) is 94.7 Å². The molecule has 2 saturated heterocycles. The van der Waals surface area contributed by atoms with Crippen LogP contribution in [0.5, 0.6) is 0 Å². The van der Waals surface area contributed by atoms with Crippen LogP contribution in [0.2, 0.25) is 0 Å². The summed E-state index contributed by atoms with van der Waals surface area (Å²) in [4.78, 5) is 78.3. The molecule has 5 heterocycles. The molecule has 2 aromatic heterocycles. The van der Waals surface area contributed by atoms with Gasteiger partial charge in [0.05, 0.1) is 69.0 Å². The zero-order valence-corrected chi connectivity index (χ0v) is 44.8. The van der Waals surface area contributed by atoms with Crippen LogP contribution in [0.3, 0.4) is 0 Å². The first-order chi connectivity index (χ1) is 35.9. The summed E-state index contributed by atoms with van der Waals surface area (Å²) in [6.07, 6.45) is 4.50. The van der Waals surface area contributed by atoms with Crippen molar-refractivity contribution < 1.29 is 37.8 Å². The Balaban J connectivity index is 0.871. The quantitative estimate of drug-likeness (QED) is 0.0637. The molecule has 7 N–H and O–H groups in total. The van der Waals surface area contributed by atoms with Crippen molar-refractivity contribution in [2.24, 2.45) is 5.41 Å². The van der Waals surface area contributed by atoms with Gasteiger partial charge in [-0.1, -0.05) is 58.0 Å². The van der Waals surface area contributed by atoms with E-state index < -0.39 is 29.4 Å². The van der Waals surface area contributed by atoms with Crippen molar-refractivity contribution >= 4 is 41.0 Å². The minimum atomic E-state index is -0.863. The normalized spacial score (nSPS) is 18.8. The van der Waals surface area contributed by atoms with Gasteiger partial charge in [0, 0.05) is 74.3 Å². The molecule has 19 nitrogen and oxygen atoms in total. The minimum Gasteiger partial charge on any atom is -0.382 e. The maximum absolute atomic E-state index is 14.7. The van der Waals surface area contributed by atoms with Crippen LogP contribution in [0, 0.1) is 18.2 Å². The van der Waals surface area contributed by atoms with Gasteiger partial charge >= 0.3 is 0 Å². The van der Waals surface area contributed by atoms with Gasteiger partial charge in [0.1, 0.15) is 23.7 Å². The molecular formula is C55H77FN12O7. The predicted molar refractivity (Wildman–Crippen MR) is 285 cm³/mol. The number of carbonyl (C=O) groups excluding carboxylic acids is 5. The van der Waals surface area contributed by atoms with Crippen LogP contribution in [0.15, 0.2) is 60.8 Å². The zero-order valence-electron chi connectivity index (χ0n) is 44.8. The lowest BCUT2D eigenvalue weighted by Crippen LogP contribution is -2.59. The fourth-order valence-electron chi connectivity index (χ4n) is 10.3. The van der Waals surface area contributed by atoms with Crippen molar-refractivity contribution in [2.75, 3.05) is 77.3 Å². The second-order valence-corrected chi connectivity index (χ2v) is 20.9. The van der Waals surface area contributed by atoms with Crippen molar-refractivity contribution in [3.63, 3.8) is 0 Å². The zero-order chi connectivity index (χ0) is 54.0. The van der Waals surface area contributed by atoms with Crippen LogP contribution in [0.1, 0.15) is 112 Å². The number of nitrogens with one attached hydrogen (secondary N) is 5. The highest BCUT2D eigenvalue weighted by atomic mass is 19.1. The van der Waals surface area contributed by atoms with Crippen LogP contribution in [-0.2, 0) is 41.7 Å². The molecule has 6 atom stereocenters. The number of hydrogen-bond donors (Lipinski definition) is 6. The molecule has 1 unspecified atom stereocenters. The molecule has 75 heavy (non-hydrogen) atoms. The highest BCUT2D eigenvalue weighted by Gasteiger charge is 2.45. The number of amides is 5. The van der Waals surface area contributed by atoms with E-state index in [0.29, 0.717) is 74.9 Å². The van der Waals surface area contributed by atoms with Crippen LogP contribution in [0.4, 0.5) is 15.9 Å². The summed E-state index contributed by atoms with van der Waals surface area (Å²) in [6, 6.07) is 13.3. The van der Waals surface area contributed by atoms with Gasteiger partial charge in [0.25, 0.3) is 5.91 Å². The van der Waals surface area contributed by atoms with E-state index in [1.165, 1.54) is 12.1 Å². The van der Waals surface area contributed by atoms with Gasteiger partial charge in [-0.3, -0.25) is 28.7 Å². The van der Waals surface area contributed by atoms with E-state index in [9.17, 15) is 28.4 Å². The highest BCUT2D eigenvalue weighted by molar-refractivity contribution is 5.96. The summed E-state index contributed by atoms with van der Waals surface area (Å²) in [5.74, 6) is -1.33. The summed E-state index contributed by atoms with van der Waals surface area (Å²) in [5.41, 5.74) is 11.8. The van der Waals surface area contributed by atoms with Gasteiger partial charge in [-0.05, 0) is 87.4 Å². The lowest BCUT2D eigenvalue weighted by atomic mass is 9.85. The largest absolute Gasteiger partial charge is 0.382 e. The molecule has 4 aromatic rings. The van der Waals surface area contributed by atoms with E-state index in [1.807, 2.05) is 75.7 Å². The van der Waals surface area contributed by atoms with Crippen molar-refractivity contribution in [3.8, 4) is 11.1 Å². The summed E-state index contributed by atoms with van der Waals surface area (Å²) in [7, 11) is 3.40. The maximum Gasteiger partial charge on any atom is 0.254 e. The van der Waals surface area contributed by atoms with Gasteiger partial charge in [-0.15, -0.1) is 0 Å². The topological polar surface area (TPSA) is 230 Å². The Morgan fingerprint density at radius 3 is 2.45 bits per heavy atom. The number of likely N-dealkylation sites (tertiary alicyclic amines) is 1. The number of rotatable bonds is 21. The number of halogens is 1. The number of pyridine rings is 1. The standard InChI is InChI=1S/C55H77FN12O7/c1-9-42(36-14-11-10-12-15-36)62-52(71)46-30-39(32-67(46)54(73)49(55(4,5)6)63-51(70)34(2)58-7)59-21-25-75-27-26-74-24-19-47(69)60-20-23-68-35(3)48-37-28-45(50(57)61-31-37)66-22-13-16-44(66)41-29-38(56)17-18-40(41)53(72)65(8)33-43(48)64-68/h10-12,14-15,17-18,28-29,31,34,39,42,44,46,49,58-59H,9,13,16,19-27,30,32-33H2,1-8H3,(H2,57,61)(H,60,69)(H,62,71)(H,63,70)/t34-,39-,42+,44-,46-,49?/m1/s1. The van der Waals surface area contributed by atoms with E-state index in [0.717, 1.165) is 40.9 Å². The van der Waals surface area contributed by atoms with Crippen molar-refractivity contribution in [1.29, 1.82) is 0 Å². The molecule has 0 radical (unpaired) electrons. The molecule has 20 heteroatoms. The smallest absolute Gasteiger partial charge is 0.254 e. The maximum atomic E-state index is 14.7. The number of ether oxygens (including phenoxy) is 2. The second kappa shape index (κ2) is 25.4. The number of hydrogen-bond acceptors (Lipinski definition) is 13. The third-order valence-electron chi connectivity index (χ3n) is 14.6. The number of likely N-dealkylation sites (N-methyl/N-ethyl adjacent to an activating group) is 1. The van der Waals surface area contributed by atoms with E-state index in [1.54, 1.807) is 43.1 Å². The lowest BCUT2D eigenvalue weighted by molar-refractivity contribution is -0.144. The molecule has 0 saturated carbocycles. The summed E-state index contributed by atoms with van der Waals surface area (Å²) in [5, 5.41) is 20.4. The average molecular weight is 1040 g/mol. The molecule has 2 fully saturated rings. The highest BCUT2D eigenvalue weighted by Crippen LogP contribution is 2.42. The Labute approximate surface area is 440 Å². The van der Waals surface area contributed by atoms with E-state index in [4.69, 9.17) is 20.3 Å². The van der Waals surface area contributed by atoms with Gasteiger partial charge < -0.3 is 56.5 Å². The number of carbonyl (C=O) groups is 5. The van der Waals surface area contributed by atoms with Crippen molar-refractivity contribution in [2.45, 2.75) is 123 Å². The number of fused-ring (bicyclic) bond motifs is 8. The molecule has 7 rings (SSSR count). The number of nitrogens with zero attached hydrogens (tertiary/aromatic N) is 6. The summed E-state index contributed by atoms with van der Waals surface area (Å²) >= 11 is 0. The second-order valence-electron chi connectivity index (χ2n) is 20.9.